The summed E-state index contributed by atoms with van der Waals surface area (Å²) in [6, 6.07) is 6.30. The summed E-state index contributed by atoms with van der Waals surface area (Å²) in [5, 5.41) is 7.63. The lowest BCUT2D eigenvalue weighted by atomic mass is 10.3. The lowest BCUT2D eigenvalue weighted by Crippen LogP contribution is -2.22. The lowest BCUT2D eigenvalue weighted by molar-refractivity contribution is 0.628. The highest BCUT2D eigenvalue weighted by Gasteiger charge is 2.17. The molecule has 0 saturated carbocycles. The van der Waals surface area contributed by atoms with Gasteiger partial charge in [0.05, 0.1) is 0 Å². The van der Waals surface area contributed by atoms with Gasteiger partial charge in [0.25, 0.3) is 0 Å². The van der Waals surface area contributed by atoms with Crippen LogP contribution in [0.3, 0.4) is 0 Å². The molecule has 0 aromatic heterocycles. The molecule has 2 rings (SSSR count). The summed E-state index contributed by atoms with van der Waals surface area (Å²) < 4.78 is 12.6. The highest BCUT2D eigenvalue weighted by Crippen LogP contribution is 2.21. The molecular formula is C10H11FN2. The van der Waals surface area contributed by atoms with E-state index in [-0.39, 0.29) is 5.82 Å². The molecule has 0 spiro atoms. The first-order valence-electron chi connectivity index (χ1n) is 4.38. The van der Waals surface area contributed by atoms with Gasteiger partial charge in [0, 0.05) is 18.7 Å². The van der Waals surface area contributed by atoms with Crippen molar-refractivity contribution in [1.29, 1.82) is 5.41 Å². The molecule has 1 aromatic carbocycles. The summed E-state index contributed by atoms with van der Waals surface area (Å²) in [6.07, 6.45) is 1.85. The number of nitrogens with one attached hydrogen (secondary N) is 1. The summed E-state index contributed by atoms with van der Waals surface area (Å²) in [5.41, 5.74) is 0.920. The zero-order valence-corrected chi connectivity index (χ0v) is 7.26. The fraction of sp³-hybridized carbons (Fsp3) is 0.300. The maximum Gasteiger partial charge on any atom is 0.123 e. The van der Waals surface area contributed by atoms with Gasteiger partial charge in [-0.05, 0) is 30.7 Å². The minimum absolute atomic E-state index is 0.227. The molecule has 0 bridgehead atoms. The van der Waals surface area contributed by atoms with Gasteiger partial charge in [-0.15, -0.1) is 0 Å². The molecule has 1 aliphatic heterocycles. The van der Waals surface area contributed by atoms with Crippen molar-refractivity contribution in [3.8, 4) is 0 Å². The molecule has 0 radical (unpaired) electrons. The second kappa shape index (κ2) is 3.17. The Hall–Kier alpha value is -1.38. The molecule has 3 heteroatoms. The third kappa shape index (κ3) is 1.54. The van der Waals surface area contributed by atoms with Crippen molar-refractivity contribution in [3.63, 3.8) is 0 Å². The molecule has 1 aliphatic rings. The number of halogens is 1. The topological polar surface area (TPSA) is 27.1 Å². The molecule has 0 amide bonds. The molecule has 68 valence electrons. The van der Waals surface area contributed by atoms with Gasteiger partial charge in [-0.25, -0.2) is 4.39 Å². The van der Waals surface area contributed by atoms with Gasteiger partial charge >= 0.3 is 0 Å². The number of benzene rings is 1. The van der Waals surface area contributed by atoms with E-state index in [1.165, 1.54) is 12.1 Å². The van der Waals surface area contributed by atoms with Gasteiger partial charge in [0.15, 0.2) is 0 Å². The Morgan fingerprint density at radius 3 is 2.46 bits per heavy atom. The number of rotatable bonds is 1. The SMILES string of the molecule is N=C1CCCN1c1ccc(F)cc1. The van der Waals surface area contributed by atoms with Crippen molar-refractivity contribution < 1.29 is 4.39 Å². The van der Waals surface area contributed by atoms with E-state index in [4.69, 9.17) is 5.41 Å². The van der Waals surface area contributed by atoms with Crippen LogP contribution in [0.4, 0.5) is 10.1 Å². The van der Waals surface area contributed by atoms with Crippen LogP contribution in [-0.2, 0) is 0 Å². The largest absolute Gasteiger partial charge is 0.330 e. The van der Waals surface area contributed by atoms with E-state index in [1.807, 2.05) is 4.90 Å². The summed E-state index contributed by atoms with van der Waals surface area (Å²) in [7, 11) is 0. The van der Waals surface area contributed by atoms with Crippen molar-refractivity contribution >= 4 is 11.5 Å². The Morgan fingerprint density at radius 2 is 1.92 bits per heavy atom. The van der Waals surface area contributed by atoms with Gasteiger partial charge in [-0.1, -0.05) is 0 Å². The van der Waals surface area contributed by atoms with Gasteiger partial charge in [-0.3, -0.25) is 5.41 Å². The monoisotopic (exact) mass is 178 g/mol. The van der Waals surface area contributed by atoms with Crippen molar-refractivity contribution in [3.05, 3.63) is 30.1 Å². The van der Waals surface area contributed by atoms with Gasteiger partial charge < -0.3 is 4.90 Å². The molecular weight excluding hydrogens is 167 g/mol. The van der Waals surface area contributed by atoms with Crippen LogP contribution in [0.15, 0.2) is 24.3 Å². The number of nitrogens with zero attached hydrogens (tertiary/aromatic N) is 1. The molecule has 0 atom stereocenters. The molecule has 2 nitrogen and oxygen atoms in total. The quantitative estimate of drug-likeness (QED) is 0.702. The number of hydrogen-bond donors (Lipinski definition) is 1. The minimum Gasteiger partial charge on any atom is -0.330 e. The fourth-order valence-electron chi connectivity index (χ4n) is 1.58. The standard InChI is InChI=1S/C10H11FN2/c11-8-3-5-9(6-4-8)13-7-1-2-10(13)12/h3-6,12H,1-2,7H2. The second-order valence-corrected chi connectivity index (χ2v) is 3.18. The van der Waals surface area contributed by atoms with E-state index in [2.05, 4.69) is 0 Å². The maximum atomic E-state index is 12.6. The summed E-state index contributed by atoms with van der Waals surface area (Å²) in [6.45, 7) is 0.879. The minimum atomic E-state index is -0.227. The maximum absolute atomic E-state index is 12.6. The van der Waals surface area contributed by atoms with E-state index < -0.39 is 0 Å². The van der Waals surface area contributed by atoms with Crippen LogP contribution in [0.2, 0.25) is 0 Å². The zero-order chi connectivity index (χ0) is 9.26. The molecule has 0 unspecified atom stereocenters. The molecule has 1 saturated heterocycles. The summed E-state index contributed by atoms with van der Waals surface area (Å²) in [5.74, 6) is 0.404. The van der Waals surface area contributed by atoms with Crippen LogP contribution >= 0.6 is 0 Å². The van der Waals surface area contributed by atoms with Crippen LogP contribution in [-0.4, -0.2) is 12.4 Å². The van der Waals surface area contributed by atoms with Gasteiger partial charge in [0.2, 0.25) is 0 Å². The van der Waals surface area contributed by atoms with Crippen LogP contribution in [0.25, 0.3) is 0 Å². The van der Waals surface area contributed by atoms with Crippen LogP contribution < -0.4 is 4.90 Å². The van der Waals surface area contributed by atoms with Gasteiger partial charge in [0.1, 0.15) is 11.7 Å². The predicted molar refractivity (Wildman–Crippen MR) is 50.7 cm³/mol. The fourth-order valence-corrected chi connectivity index (χ4v) is 1.58. The lowest BCUT2D eigenvalue weighted by Gasteiger charge is -2.17. The molecule has 1 heterocycles. The highest BCUT2D eigenvalue weighted by molar-refractivity contribution is 5.97. The third-order valence-electron chi connectivity index (χ3n) is 2.26. The van der Waals surface area contributed by atoms with E-state index in [0.717, 1.165) is 25.1 Å². The Morgan fingerprint density at radius 1 is 1.23 bits per heavy atom. The summed E-state index contributed by atoms with van der Waals surface area (Å²) >= 11 is 0. The van der Waals surface area contributed by atoms with E-state index in [0.29, 0.717) is 5.84 Å². The van der Waals surface area contributed by atoms with E-state index in [1.54, 1.807) is 12.1 Å². The Labute approximate surface area is 76.5 Å². The Balaban J connectivity index is 2.25. The second-order valence-electron chi connectivity index (χ2n) is 3.18. The number of hydrogen-bond acceptors (Lipinski definition) is 1. The predicted octanol–water partition coefficient (Wildman–Crippen LogP) is 2.40. The van der Waals surface area contributed by atoms with Crippen molar-refractivity contribution in [2.45, 2.75) is 12.8 Å². The first-order chi connectivity index (χ1) is 6.27. The highest BCUT2D eigenvalue weighted by atomic mass is 19.1. The van der Waals surface area contributed by atoms with Crippen LogP contribution in [0.1, 0.15) is 12.8 Å². The summed E-state index contributed by atoms with van der Waals surface area (Å²) in [4.78, 5) is 1.92. The molecule has 0 aliphatic carbocycles. The smallest absolute Gasteiger partial charge is 0.123 e. The Kier molecular flexibility index (Phi) is 2.00. The number of anilines is 1. The molecule has 1 aromatic rings. The normalized spacial score (nSPS) is 16.7. The molecule has 13 heavy (non-hydrogen) atoms. The van der Waals surface area contributed by atoms with E-state index in [9.17, 15) is 4.39 Å². The Bertz CT molecular complexity index is 318. The van der Waals surface area contributed by atoms with E-state index >= 15 is 0 Å². The average Bonchev–Trinajstić information content (AvgIpc) is 2.53. The van der Waals surface area contributed by atoms with Gasteiger partial charge in [-0.2, -0.15) is 0 Å². The first kappa shape index (κ1) is 8.23. The van der Waals surface area contributed by atoms with Crippen molar-refractivity contribution in [2.75, 3.05) is 11.4 Å². The zero-order valence-electron chi connectivity index (χ0n) is 7.26. The van der Waals surface area contributed by atoms with Crippen molar-refractivity contribution in [2.24, 2.45) is 0 Å². The first-order valence-corrected chi connectivity index (χ1v) is 4.38. The van der Waals surface area contributed by atoms with Crippen molar-refractivity contribution in [1.82, 2.24) is 0 Å². The van der Waals surface area contributed by atoms with Crippen LogP contribution in [0.5, 0.6) is 0 Å². The van der Waals surface area contributed by atoms with Crippen LogP contribution in [0, 0.1) is 11.2 Å². The molecule has 1 N–H and O–H groups in total. The molecule has 1 fully saturated rings. The third-order valence-corrected chi connectivity index (χ3v) is 2.26. The number of amidine groups is 1. The average molecular weight is 178 g/mol.